The molecule has 3 rings (SSSR count). The van der Waals surface area contributed by atoms with Crippen LogP contribution in [0.15, 0.2) is 35.1 Å². The number of nitrogens with one attached hydrogen (secondary N) is 2. The van der Waals surface area contributed by atoms with Crippen LogP contribution in [0.3, 0.4) is 0 Å². The van der Waals surface area contributed by atoms with E-state index in [2.05, 4.69) is 26.8 Å². The minimum atomic E-state index is -0.190. The van der Waals surface area contributed by atoms with Crippen molar-refractivity contribution < 1.29 is 9.32 Å². The van der Waals surface area contributed by atoms with Gasteiger partial charge in [0.05, 0.1) is 6.04 Å². The van der Waals surface area contributed by atoms with E-state index >= 15 is 0 Å². The van der Waals surface area contributed by atoms with Crippen LogP contribution in [0.2, 0.25) is 0 Å². The summed E-state index contributed by atoms with van der Waals surface area (Å²) >= 11 is 0. The van der Waals surface area contributed by atoms with Crippen molar-refractivity contribution in [1.29, 1.82) is 0 Å². The molecule has 0 saturated heterocycles. The molecule has 0 aliphatic carbocycles. The Kier molecular flexibility index (Phi) is 3.73. The Morgan fingerprint density at radius 2 is 2.30 bits per heavy atom. The summed E-state index contributed by atoms with van der Waals surface area (Å²) in [6, 6.07) is 7.73. The molecule has 0 radical (unpaired) electrons. The summed E-state index contributed by atoms with van der Waals surface area (Å²) in [5.41, 5.74) is 2.10. The minimum absolute atomic E-state index is 0.0143. The van der Waals surface area contributed by atoms with E-state index < -0.39 is 0 Å². The van der Waals surface area contributed by atoms with Gasteiger partial charge in [0.2, 0.25) is 11.8 Å². The second-order valence-corrected chi connectivity index (χ2v) is 4.78. The van der Waals surface area contributed by atoms with Crippen LogP contribution in [0.5, 0.6) is 0 Å². The Hall–Kier alpha value is -2.21. The largest absolute Gasteiger partial charge is 0.340 e. The van der Waals surface area contributed by atoms with Gasteiger partial charge in [-0.15, -0.1) is 0 Å². The van der Waals surface area contributed by atoms with Crippen molar-refractivity contribution in [2.75, 3.05) is 11.9 Å². The summed E-state index contributed by atoms with van der Waals surface area (Å²) < 4.78 is 4.92. The summed E-state index contributed by atoms with van der Waals surface area (Å²) in [7, 11) is 0. The molecular weight excluding hydrogens is 256 g/mol. The van der Waals surface area contributed by atoms with E-state index in [9.17, 15) is 4.79 Å². The van der Waals surface area contributed by atoms with Crippen LogP contribution in [-0.4, -0.2) is 28.6 Å². The van der Waals surface area contributed by atoms with Gasteiger partial charge in [0.1, 0.15) is 0 Å². The number of aromatic nitrogens is 2. The number of para-hydroxylation sites is 1. The first kappa shape index (κ1) is 12.8. The zero-order valence-corrected chi connectivity index (χ0v) is 11.0. The number of hydrogen-bond donors (Lipinski definition) is 2. The van der Waals surface area contributed by atoms with Crippen molar-refractivity contribution in [3.8, 4) is 0 Å². The van der Waals surface area contributed by atoms with E-state index in [1.54, 1.807) is 0 Å². The van der Waals surface area contributed by atoms with Crippen LogP contribution in [0.1, 0.15) is 17.9 Å². The number of rotatable bonds is 4. The standard InChI is InChI=1S/C14H16N4O2/c19-14-12(15-8-7-13-16-9-17-20-13)6-5-10-3-1-2-4-11(10)18-14/h1-4,9,12,15H,5-8H2,(H,18,19). The molecule has 1 unspecified atom stereocenters. The number of anilines is 1. The quantitative estimate of drug-likeness (QED) is 0.873. The highest BCUT2D eigenvalue weighted by Crippen LogP contribution is 2.21. The molecule has 20 heavy (non-hydrogen) atoms. The lowest BCUT2D eigenvalue weighted by Crippen LogP contribution is -2.40. The number of amides is 1. The maximum Gasteiger partial charge on any atom is 0.241 e. The molecule has 0 spiro atoms. The Morgan fingerprint density at radius 3 is 3.15 bits per heavy atom. The number of hydrogen-bond acceptors (Lipinski definition) is 5. The smallest absolute Gasteiger partial charge is 0.241 e. The maximum absolute atomic E-state index is 12.1. The second kappa shape index (κ2) is 5.83. The SMILES string of the molecule is O=C1Nc2ccccc2CCC1NCCc1ncno1. The van der Waals surface area contributed by atoms with Crippen molar-refractivity contribution in [3.05, 3.63) is 42.0 Å². The van der Waals surface area contributed by atoms with Gasteiger partial charge in [0.15, 0.2) is 6.33 Å². The van der Waals surface area contributed by atoms with Gasteiger partial charge in [-0.3, -0.25) is 4.79 Å². The van der Waals surface area contributed by atoms with Crippen molar-refractivity contribution in [3.63, 3.8) is 0 Å². The number of aryl methyl sites for hydroxylation is 1. The molecule has 0 fully saturated rings. The molecule has 1 aromatic carbocycles. The second-order valence-electron chi connectivity index (χ2n) is 4.78. The lowest BCUT2D eigenvalue weighted by Gasteiger charge is -2.14. The third-order valence-corrected chi connectivity index (χ3v) is 3.43. The van der Waals surface area contributed by atoms with Crippen LogP contribution in [-0.2, 0) is 17.6 Å². The highest BCUT2D eigenvalue weighted by Gasteiger charge is 2.22. The van der Waals surface area contributed by atoms with Gasteiger partial charge >= 0.3 is 0 Å². The number of fused-ring (bicyclic) bond motifs is 1. The summed E-state index contributed by atoms with van der Waals surface area (Å²) in [5, 5.41) is 9.76. The fourth-order valence-electron chi connectivity index (χ4n) is 2.37. The van der Waals surface area contributed by atoms with Crippen LogP contribution in [0, 0.1) is 0 Å². The van der Waals surface area contributed by atoms with E-state index in [1.807, 2.05) is 18.2 Å². The minimum Gasteiger partial charge on any atom is -0.340 e. The van der Waals surface area contributed by atoms with Gasteiger partial charge in [-0.05, 0) is 24.5 Å². The third kappa shape index (κ3) is 2.85. The fraction of sp³-hybridized carbons (Fsp3) is 0.357. The van der Waals surface area contributed by atoms with Crippen LogP contribution in [0.4, 0.5) is 5.69 Å². The highest BCUT2D eigenvalue weighted by atomic mass is 16.5. The summed E-state index contributed by atoms with van der Waals surface area (Å²) in [6.07, 6.45) is 3.67. The molecule has 6 heteroatoms. The highest BCUT2D eigenvalue weighted by molar-refractivity contribution is 5.96. The average molecular weight is 272 g/mol. The van der Waals surface area contributed by atoms with Gasteiger partial charge in [0, 0.05) is 18.7 Å². The zero-order chi connectivity index (χ0) is 13.8. The molecule has 1 aliphatic rings. The van der Waals surface area contributed by atoms with Crippen molar-refractivity contribution in [1.82, 2.24) is 15.5 Å². The van der Waals surface area contributed by atoms with Gasteiger partial charge in [-0.25, -0.2) is 0 Å². The Balaban J connectivity index is 1.57. The molecule has 2 N–H and O–H groups in total. The van der Waals surface area contributed by atoms with E-state index in [0.717, 1.165) is 18.5 Å². The van der Waals surface area contributed by atoms with Crippen LogP contribution >= 0.6 is 0 Å². The lowest BCUT2D eigenvalue weighted by atomic mass is 10.1. The normalized spacial score (nSPS) is 18.2. The Labute approximate surface area is 116 Å². The number of benzene rings is 1. The van der Waals surface area contributed by atoms with Gasteiger partial charge in [-0.2, -0.15) is 4.98 Å². The fourth-order valence-corrected chi connectivity index (χ4v) is 2.37. The molecule has 1 aliphatic heterocycles. The molecule has 6 nitrogen and oxygen atoms in total. The predicted octanol–water partition coefficient (Wildman–Crippen LogP) is 1.16. The predicted molar refractivity (Wildman–Crippen MR) is 73.2 cm³/mol. The number of nitrogens with zero attached hydrogens (tertiary/aromatic N) is 2. The van der Waals surface area contributed by atoms with Gasteiger partial charge in [0.25, 0.3) is 0 Å². The molecule has 104 valence electrons. The van der Waals surface area contributed by atoms with Crippen LogP contribution in [0.25, 0.3) is 0 Å². The monoisotopic (exact) mass is 272 g/mol. The third-order valence-electron chi connectivity index (χ3n) is 3.43. The van der Waals surface area contributed by atoms with Gasteiger partial charge in [-0.1, -0.05) is 23.4 Å². The number of carbonyl (C=O) groups is 1. The average Bonchev–Trinajstić information content (AvgIpc) is 2.91. The van der Waals surface area contributed by atoms with Crippen molar-refractivity contribution in [2.24, 2.45) is 0 Å². The van der Waals surface area contributed by atoms with E-state index in [0.29, 0.717) is 18.9 Å². The van der Waals surface area contributed by atoms with E-state index in [-0.39, 0.29) is 11.9 Å². The summed E-state index contributed by atoms with van der Waals surface area (Å²) in [4.78, 5) is 16.1. The first-order valence-electron chi connectivity index (χ1n) is 6.70. The zero-order valence-electron chi connectivity index (χ0n) is 11.0. The molecular formula is C14H16N4O2. The van der Waals surface area contributed by atoms with E-state index in [4.69, 9.17) is 4.52 Å². The summed E-state index contributed by atoms with van der Waals surface area (Å²) in [5.74, 6) is 0.593. The summed E-state index contributed by atoms with van der Waals surface area (Å²) in [6.45, 7) is 0.636. The lowest BCUT2D eigenvalue weighted by molar-refractivity contribution is -0.118. The van der Waals surface area contributed by atoms with Crippen molar-refractivity contribution >= 4 is 11.6 Å². The van der Waals surface area contributed by atoms with Crippen molar-refractivity contribution in [2.45, 2.75) is 25.3 Å². The molecule has 0 bridgehead atoms. The van der Waals surface area contributed by atoms with Crippen LogP contribution < -0.4 is 10.6 Å². The molecule has 2 heterocycles. The molecule has 1 aromatic heterocycles. The molecule has 1 atom stereocenters. The molecule has 0 saturated carbocycles. The first-order chi connectivity index (χ1) is 9.83. The topological polar surface area (TPSA) is 80.0 Å². The van der Waals surface area contributed by atoms with Gasteiger partial charge < -0.3 is 15.2 Å². The maximum atomic E-state index is 12.1. The Morgan fingerprint density at radius 1 is 1.40 bits per heavy atom. The molecule has 2 aromatic rings. The first-order valence-corrected chi connectivity index (χ1v) is 6.70. The van der Waals surface area contributed by atoms with E-state index in [1.165, 1.54) is 11.9 Å². The Bertz CT molecular complexity index is 583. The number of carbonyl (C=O) groups excluding carboxylic acids is 1. The molecule has 1 amide bonds.